The minimum atomic E-state index is -3.16. The number of amides is 1. The summed E-state index contributed by atoms with van der Waals surface area (Å²) in [7, 11) is 0. The largest absolute Gasteiger partial charge is 0.434 e. The highest BCUT2D eigenvalue weighted by molar-refractivity contribution is 5.98. The molecule has 0 radical (unpaired) electrons. The fourth-order valence-electron chi connectivity index (χ4n) is 6.73. The van der Waals surface area contributed by atoms with Crippen molar-refractivity contribution >= 4 is 11.6 Å². The second-order valence-corrected chi connectivity index (χ2v) is 11.3. The number of ether oxygens (including phenoxy) is 1. The molecule has 7 rings (SSSR count). The number of carbonyl (C=O) groups excluding carboxylic acids is 1. The van der Waals surface area contributed by atoms with Crippen molar-refractivity contribution in [2.45, 2.75) is 57.2 Å². The third kappa shape index (κ3) is 3.65. The average Bonchev–Trinajstić information content (AvgIpc) is 3.44. The molecule has 0 unspecified atom stereocenters. The van der Waals surface area contributed by atoms with Crippen molar-refractivity contribution in [1.82, 2.24) is 29.5 Å². The first-order valence-corrected chi connectivity index (χ1v) is 13.1. The van der Waals surface area contributed by atoms with Gasteiger partial charge in [0.25, 0.3) is 5.91 Å². The van der Waals surface area contributed by atoms with E-state index in [9.17, 15) is 18.8 Å². The van der Waals surface area contributed by atoms with E-state index in [2.05, 4.69) is 21.1 Å². The lowest BCUT2D eigenvalue weighted by Gasteiger charge is -2.47. The van der Waals surface area contributed by atoms with Crippen LogP contribution < -0.4 is 10.5 Å². The molecule has 12 heteroatoms. The molecular formula is C29H26F2N8O2. The van der Waals surface area contributed by atoms with Crippen LogP contribution in [0, 0.1) is 23.7 Å². The first kappa shape index (κ1) is 22.2. The molecule has 3 aliphatic rings. The summed E-state index contributed by atoms with van der Waals surface area (Å²) in [6.45, 7) is -2.32. The van der Waals surface area contributed by atoms with Gasteiger partial charge in [0.1, 0.15) is 11.6 Å². The second-order valence-electron chi connectivity index (χ2n) is 11.3. The van der Waals surface area contributed by atoms with Gasteiger partial charge in [-0.15, -0.1) is 0 Å². The van der Waals surface area contributed by atoms with Gasteiger partial charge in [-0.3, -0.25) is 4.79 Å². The van der Waals surface area contributed by atoms with Gasteiger partial charge < -0.3 is 15.4 Å². The van der Waals surface area contributed by atoms with Gasteiger partial charge in [-0.05, 0) is 51.3 Å². The van der Waals surface area contributed by atoms with Crippen LogP contribution in [0.1, 0.15) is 81.0 Å². The minimum absolute atomic E-state index is 0.0213. The molecule has 1 aliphatic heterocycles. The lowest BCUT2D eigenvalue weighted by Crippen LogP contribution is -2.54. The Kier molecular flexibility index (Phi) is 4.61. The third-order valence-corrected chi connectivity index (χ3v) is 8.45. The standard InChI is InChI=1S/C29H26F2N8O2/c1-14-17(10-34-26(35-14)29(33)11-28(2,12-29)13-32)18-7-8-39-24(36-18)22-16-9-19(23(22)37-39)38(3)25(40)15-5-4-6-20(21(15)16)41-27(30)31/h4-8,10,16,19,27H,9,11-12,33H2,1-3H3/t16-,19-,28?,29?/m1/s1/i3D3. The number of fused-ring (bicyclic) bond motifs is 9. The van der Waals surface area contributed by atoms with E-state index in [1.165, 1.54) is 22.7 Å². The van der Waals surface area contributed by atoms with Crippen LogP contribution in [0.15, 0.2) is 36.7 Å². The van der Waals surface area contributed by atoms with E-state index in [1.807, 2.05) is 6.92 Å². The Hall–Kier alpha value is -4.50. The van der Waals surface area contributed by atoms with Gasteiger partial charge in [0.2, 0.25) is 0 Å². The summed E-state index contributed by atoms with van der Waals surface area (Å²) in [5.74, 6) is -1.26. The van der Waals surface area contributed by atoms with Gasteiger partial charge in [0.05, 0.1) is 40.1 Å². The lowest BCUT2D eigenvalue weighted by atomic mass is 9.59. The van der Waals surface area contributed by atoms with Crippen LogP contribution in [-0.2, 0) is 5.54 Å². The zero-order chi connectivity index (χ0) is 31.3. The number of aromatic nitrogens is 5. The van der Waals surface area contributed by atoms with E-state index in [4.69, 9.17) is 19.6 Å². The van der Waals surface area contributed by atoms with Crippen LogP contribution in [0.3, 0.4) is 0 Å². The molecule has 2 atom stereocenters. The number of hydrogen-bond donors (Lipinski definition) is 1. The zero-order valence-electron chi connectivity index (χ0n) is 25.1. The summed E-state index contributed by atoms with van der Waals surface area (Å²) in [6.07, 6.45) is 4.29. The maximum Gasteiger partial charge on any atom is 0.387 e. The molecule has 1 fully saturated rings. The van der Waals surface area contributed by atoms with Crippen molar-refractivity contribution in [2.24, 2.45) is 11.1 Å². The highest BCUT2D eigenvalue weighted by Gasteiger charge is 2.53. The zero-order valence-corrected chi connectivity index (χ0v) is 22.1. The summed E-state index contributed by atoms with van der Waals surface area (Å²) in [4.78, 5) is 28.5. The van der Waals surface area contributed by atoms with Gasteiger partial charge in [-0.25, -0.2) is 19.5 Å². The van der Waals surface area contributed by atoms with Crippen molar-refractivity contribution < 1.29 is 22.4 Å². The second kappa shape index (κ2) is 8.50. The predicted octanol–water partition coefficient (Wildman–Crippen LogP) is 4.24. The first-order chi connectivity index (χ1) is 20.7. The highest BCUT2D eigenvalue weighted by Crippen LogP contribution is 2.53. The highest BCUT2D eigenvalue weighted by atomic mass is 19.3. The molecule has 0 spiro atoms. The van der Waals surface area contributed by atoms with E-state index in [0.29, 0.717) is 52.5 Å². The Morgan fingerprint density at radius 1 is 1.24 bits per heavy atom. The molecule has 4 heterocycles. The van der Waals surface area contributed by atoms with Crippen LogP contribution in [-0.4, -0.2) is 49.0 Å². The number of nitrogens with zero attached hydrogens (tertiary/aromatic N) is 7. The number of nitriles is 1. The van der Waals surface area contributed by atoms with Crippen LogP contribution in [0.5, 0.6) is 5.75 Å². The summed E-state index contributed by atoms with van der Waals surface area (Å²) in [5.41, 5.74) is 8.35. The Morgan fingerprint density at radius 3 is 2.76 bits per heavy atom. The van der Waals surface area contributed by atoms with Crippen LogP contribution in [0.2, 0.25) is 0 Å². The Morgan fingerprint density at radius 2 is 2.05 bits per heavy atom. The monoisotopic (exact) mass is 559 g/mol. The number of halogens is 2. The molecule has 1 saturated carbocycles. The van der Waals surface area contributed by atoms with Crippen LogP contribution >= 0.6 is 0 Å². The first-order valence-electron chi connectivity index (χ1n) is 14.6. The molecule has 0 saturated heterocycles. The van der Waals surface area contributed by atoms with Gasteiger partial charge >= 0.3 is 6.61 Å². The van der Waals surface area contributed by atoms with Crippen LogP contribution in [0.25, 0.3) is 16.9 Å². The predicted molar refractivity (Wildman–Crippen MR) is 142 cm³/mol. The van der Waals surface area contributed by atoms with Gasteiger partial charge in [-0.1, -0.05) is 6.07 Å². The fourth-order valence-corrected chi connectivity index (χ4v) is 6.73. The molecule has 1 amide bonds. The van der Waals surface area contributed by atoms with E-state index < -0.39 is 42.4 Å². The van der Waals surface area contributed by atoms with Crippen LogP contribution in [0.4, 0.5) is 8.78 Å². The van der Waals surface area contributed by atoms with E-state index >= 15 is 0 Å². The molecule has 41 heavy (non-hydrogen) atoms. The SMILES string of the molecule is [2H]C([2H])([2H])N1C(=O)c2cccc(OC(F)F)c2[C@H]2C[C@@H]1c1nn3ccc(-c4cnc(C5(N)CC(C)(C#N)C5)nc4C)nc3c12. The number of rotatable bonds is 4. The maximum atomic E-state index is 13.6. The molecule has 2 N–H and O–H groups in total. The Labute approximate surface area is 238 Å². The molecule has 4 aromatic rings. The molecule has 1 aromatic carbocycles. The van der Waals surface area contributed by atoms with Crippen molar-refractivity contribution in [3.8, 4) is 23.1 Å². The number of nitrogens with two attached hydrogens (primary N) is 1. The van der Waals surface area contributed by atoms with Crippen molar-refractivity contribution in [3.05, 3.63) is 70.6 Å². The molecule has 3 aromatic heterocycles. The summed E-state index contributed by atoms with van der Waals surface area (Å²) in [5, 5.41) is 14.0. The van der Waals surface area contributed by atoms with Crippen molar-refractivity contribution in [2.75, 3.05) is 6.98 Å². The molecular weight excluding hydrogens is 530 g/mol. The van der Waals surface area contributed by atoms with Gasteiger partial charge in [-0.2, -0.15) is 19.1 Å². The Balaban J connectivity index is 1.37. The average molecular weight is 560 g/mol. The van der Waals surface area contributed by atoms with Crippen molar-refractivity contribution in [3.63, 3.8) is 0 Å². The molecule has 2 aliphatic carbocycles. The topological polar surface area (TPSA) is 135 Å². The Bertz CT molecular complexity index is 1920. The fraction of sp³-hybridized carbons (Fsp3) is 0.379. The number of hydrogen-bond acceptors (Lipinski definition) is 8. The summed E-state index contributed by atoms with van der Waals surface area (Å²) < 4.78 is 57.8. The summed E-state index contributed by atoms with van der Waals surface area (Å²) >= 11 is 0. The number of alkyl halides is 2. The number of carbonyl (C=O) groups is 1. The molecule has 208 valence electrons. The number of benzene rings is 1. The van der Waals surface area contributed by atoms with Crippen molar-refractivity contribution in [1.29, 1.82) is 5.26 Å². The molecule has 10 nitrogen and oxygen atoms in total. The van der Waals surface area contributed by atoms with Gasteiger partial charge in [0.15, 0.2) is 5.65 Å². The summed E-state index contributed by atoms with van der Waals surface area (Å²) in [6, 6.07) is 7.21. The van der Waals surface area contributed by atoms with E-state index in [-0.39, 0.29) is 23.3 Å². The normalized spacial score (nSPS) is 27.8. The quantitative estimate of drug-likeness (QED) is 0.392. The lowest BCUT2D eigenvalue weighted by molar-refractivity contribution is -0.0505. The minimum Gasteiger partial charge on any atom is -0.434 e. The number of aryl methyl sites for hydroxylation is 1. The molecule has 2 bridgehead atoms. The van der Waals surface area contributed by atoms with Gasteiger partial charge in [0, 0.05) is 51.7 Å². The van der Waals surface area contributed by atoms with E-state index in [1.54, 1.807) is 25.4 Å². The van der Waals surface area contributed by atoms with E-state index in [0.717, 1.165) is 4.90 Å². The maximum absolute atomic E-state index is 13.6. The third-order valence-electron chi connectivity index (χ3n) is 8.45. The smallest absolute Gasteiger partial charge is 0.387 e.